The molecule has 0 spiro atoms. The van der Waals surface area contributed by atoms with Gasteiger partial charge in [-0.25, -0.2) is 0 Å². The molecule has 1 aliphatic rings. The lowest BCUT2D eigenvalue weighted by atomic mass is 9.93. The Morgan fingerprint density at radius 3 is 2.67 bits per heavy atom. The second kappa shape index (κ2) is 4.98. The number of pyridine rings is 1. The van der Waals surface area contributed by atoms with E-state index in [0.29, 0.717) is 5.92 Å². The lowest BCUT2D eigenvalue weighted by Gasteiger charge is -2.28. The number of benzene rings is 1. The van der Waals surface area contributed by atoms with Crippen molar-refractivity contribution < 1.29 is 0 Å². The van der Waals surface area contributed by atoms with Gasteiger partial charge in [0.05, 0.1) is 5.52 Å². The molecule has 0 bridgehead atoms. The molecule has 2 nitrogen and oxygen atoms in total. The fraction of sp³-hybridized carbons (Fsp3) is 0.400. The van der Waals surface area contributed by atoms with Crippen LogP contribution >= 0.6 is 15.9 Å². The van der Waals surface area contributed by atoms with Gasteiger partial charge < -0.3 is 4.90 Å². The van der Waals surface area contributed by atoms with Crippen molar-refractivity contribution in [3.8, 4) is 0 Å². The molecule has 0 unspecified atom stereocenters. The molecular weight excluding hydrogens is 288 g/mol. The van der Waals surface area contributed by atoms with E-state index in [1.165, 1.54) is 37.0 Å². The smallest absolute Gasteiger partial charge is 0.0716 e. The first-order valence-electron chi connectivity index (χ1n) is 6.47. The highest BCUT2D eigenvalue weighted by Gasteiger charge is 2.19. The summed E-state index contributed by atoms with van der Waals surface area (Å²) in [5.74, 6) is 0.629. The molecule has 1 aromatic carbocycles. The van der Waals surface area contributed by atoms with E-state index in [1.807, 2.05) is 0 Å². The van der Waals surface area contributed by atoms with Gasteiger partial charge in [-0.2, -0.15) is 0 Å². The minimum Gasteiger partial charge on any atom is -0.306 e. The van der Waals surface area contributed by atoms with E-state index in [2.05, 4.69) is 58.2 Å². The summed E-state index contributed by atoms with van der Waals surface area (Å²) in [4.78, 5) is 7.23. The van der Waals surface area contributed by atoms with Crippen LogP contribution in [0.5, 0.6) is 0 Å². The fourth-order valence-corrected chi connectivity index (χ4v) is 2.99. The van der Waals surface area contributed by atoms with Crippen molar-refractivity contribution in [3.63, 3.8) is 0 Å². The van der Waals surface area contributed by atoms with Crippen molar-refractivity contribution in [1.29, 1.82) is 0 Å². The average molecular weight is 305 g/mol. The van der Waals surface area contributed by atoms with E-state index >= 15 is 0 Å². The molecule has 18 heavy (non-hydrogen) atoms. The Labute approximate surface area is 116 Å². The van der Waals surface area contributed by atoms with E-state index in [0.717, 1.165) is 9.99 Å². The molecule has 0 amide bonds. The number of halogens is 1. The Morgan fingerprint density at radius 1 is 1.17 bits per heavy atom. The van der Waals surface area contributed by atoms with Crippen molar-refractivity contribution in [3.05, 3.63) is 40.5 Å². The molecule has 0 atom stereocenters. The van der Waals surface area contributed by atoms with Crippen molar-refractivity contribution in [2.45, 2.75) is 18.8 Å². The van der Waals surface area contributed by atoms with Crippen LogP contribution < -0.4 is 0 Å². The summed E-state index contributed by atoms with van der Waals surface area (Å²) in [5, 5.41) is 1.22. The molecule has 0 radical (unpaired) electrons. The minimum atomic E-state index is 0.629. The van der Waals surface area contributed by atoms with Gasteiger partial charge in [0.15, 0.2) is 0 Å². The summed E-state index contributed by atoms with van der Waals surface area (Å²) in [6, 6.07) is 10.7. The topological polar surface area (TPSA) is 16.1 Å². The number of hydrogen-bond acceptors (Lipinski definition) is 2. The maximum absolute atomic E-state index is 4.84. The zero-order chi connectivity index (χ0) is 12.5. The third-order valence-corrected chi connectivity index (χ3v) is 4.31. The molecule has 1 fully saturated rings. The quantitative estimate of drug-likeness (QED) is 0.796. The van der Waals surface area contributed by atoms with Gasteiger partial charge in [-0.3, -0.25) is 4.98 Å². The van der Waals surface area contributed by atoms with Crippen molar-refractivity contribution in [1.82, 2.24) is 9.88 Å². The Morgan fingerprint density at radius 2 is 1.89 bits per heavy atom. The molecule has 1 saturated heterocycles. The SMILES string of the molecule is CN1CCC(c2ccc3ccc(Br)cc3n2)CC1. The summed E-state index contributed by atoms with van der Waals surface area (Å²) >= 11 is 3.51. The first-order valence-corrected chi connectivity index (χ1v) is 7.26. The number of fused-ring (bicyclic) bond motifs is 1. The zero-order valence-electron chi connectivity index (χ0n) is 10.6. The summed E-state index contributed by atoms with van der Waals surface area (Å²) in [5.41, 5.74) is 2.36. The fourth-order valence-electron chi connectivity index (χ4n) is 2.64. The van der Waals surface area contributed by atoms with Gasteiger partial charge in [0.1, 0.15) is 0 Å². The highest BCUT2D eigenvalue weighted by atomic mass is 79.9. The second-order valence-electron chi connectivity index (χ2n) is 5.15. The van der Waals surface area contributed by atoms with Crippen LogP contribution in [0.15, 0.2) is 34.8 Å². The van der Waals surface area contributed by atoms with Crippen LogP contribution in [-0.2, 0) is 0 Å². The van der Waals surface area contributed by atoms with Crippen molar-refractivity contribution >= 4 is 26.8 Å². The number of likely N-dealkylation sites (tertiary alicyclic amines) is 1. The molecule has 0 saturated carbocycles. The van der Waals surface area contributed by atoms with Crippen LogP contribution in [0.1, 0.15) is 24.5 Å². The monoisotopic (exact) mass is 304 g/mol. The molecule has 94 valence electrons. The van der Waals surface area contributed by atoms with Gasteiger partial charge in [-0.05, 0) is 51.2 Å². The maximum Gasteiger partial charge on any atom is 0.0716 e. The molecule has 3 heteroatoms. The molecule has 3 rings (SSSR count). The predicted octanol–water partition coefficient (Wildman–Crippen LogP) is 3.81. The van der Waals surface area contributed by atoms with Gasteiger partial charge in [-0.1, -0.05) is 28.1 Å². The van der Waals surface area contributed by atoms with Gasteiger partial charge in [-0.15, -0.1) is 0 Å². The normalized spacial score (nSPS) is 18.3. The molecule has 1 aliphatic heterocycles. The van der Waals surface area contributed by atoms with Gasteiger partial charge in [0.25, 0.3) is 0 Å². The van der Waals surface area contributed by atoms with E-state index in [9.17, 15) is 0 Å². The first kappa shape index (κ1) is 12.1. The van der Waals surface area contributed by atoms with E-state index in [-0.39, 0.29) is 0 Å². The number of nitrogens with zero attached hydrogens (tertiary/aromatic N) is 2. The van der Waals surface area contributed by atoms with E-state index in [4.69, 9.17) is 4.98 Å². The summed E-state index contributed by atoms with van der Waals surface area (Å²) in [6.45, 7) is 2.37. The van der Waals surface area contributed by atoms with Crippen molar-refractivity contribution in [2.24, 2.45) is 0 Å². The predicted molar refractivity (Wildman–Crippen MR) is 78.9 cm³/mol. The summed E-state index contributed by atoms with van der Waals surface area (Å²) in [7, 11) is 2.20. The van der Waals surface area contributed by atoms with Crippen LogP contribution in [0, 0.1) is 0 Å². The van der Waals surface area contributed by atoms with Gasteiger partial charge >= 0.3 is 0 Å². The third-order valence-electron chi connectivity index (χ3n) is 3.81. The summed E-state index contributed by atoms with van der Waals surface area (Å²) in [6.07, 6.45) is 2.45. The largest absolute Gasteiger partial charge is 0.306 e. The van der Waals surface area contributed by atoms with Crippen LogP contribution in [0.25, 0.3) is 10.9 Å². The zero-order valence-corrected chi connectivity index (χ0v) is 12.2. The Kier molecular flexibility index (Phi) is 3.35. The number of hydrogen-bond donors (Lipinski definition) is 0. The molecule has 0 N–H and O–H groups in total. The average Bonchev–Trinajstić information content (AvgIpc) is 2.38. The highest BCUT2D eigenvalue weighted by Crippen LogP contribution is 2.28. The van der Waals surface area contributed by atoms with Crippen molar-refractivity contribution in [2.75, 3.05) is 20.1 Å². The van der Waals surface area contributed by atoms with Crippen LogP contribution in [-0.4, -0.2) is 30.0 Å². The standard InChI is InChI=1S/C15H17BrN2/c1-18-8-6-12(7-9-18)14-5-3-11-2-4-13(16)10-15(11)17-14/h2-5,10,12H,6-9H2,1H3. The van der Waals surface area contributed by atoms with Gasteiger partial charge in [0, 0.05) is 21.5 Å². The Hall–Kier alpha value is -0.930. The molecule has 0 aliphatic carbocycles. The lowest BCUT2D eigenvalue weighted by Crippen LogP contribution is -2.29. The molecule has 2 heterocycles. The number of aromatic nitrogens is 1. The van der Waals surface area contributed by atoms with Crippen LogP contribution in [0.2, 0.25) is 0 Å². The van der Waals surface area contributed by atoms with Crippen LogP contribution in [0.4, 0.5) is 0 Å². The Bertz CT molecular complexity index is 559. The molecule has 1 aromatic heterocycles. The van der Waals surface area contributed by atoms with E-state index < -0.39 is 0 Å². The molecule has 2 aromatic rings. The second-order valence-corrected chi connectivity index (χ2v) is 6.07. The number of rotatable bonds is 1. The minimum absolute atomic E-state index is 0.629. The number of piperidine rings is 1. The summed E-state index contributed by atoms with van der Waals surface area (Å²) < 4.78 is 1.10. The molecular formula is C15H17BrN2. The Balaban J connectivity index is 1.92. The van der Waals surface area contributed by atoms with Gasteiger partial charge in [0.2, 0.25) is 0 Å². The highest BCUT2D eigenvalue weighted by molar-refractivity contribution is 9.10. The van der Waals surface area contributed by atoms with Crippen LogP contribution in [0.3, 0.4) is 0 Å². The first-order chi connectivity index (χ1) is 8.72. The third kappa shape index (κ3) is 2.43. The van der Waals surface area contributed by atoms with E-state index in [1.54, 1.807) is 0 Å². The lowest BCUT2D eigenvalue weighted by molar-refractivity contribution is 0.253. The maximum atomic E-state index is 4.84.